The number of benzene rings is 1. The van der Waals surface area contributed by atoms with E-state index in [4.69, 9.17) is 17.3 Å². The summed E-state index contributed by atoms with van der Waals surface area (Å²) in [4.78, 5) is 0. The highest BCUT2D eigenvalue weighted by molar-refractivity contribution is 6.33. The lowest BCUT2D eigenvalue weighted by Crippen LogP contribution is -2.35. The number of nitrogens with zero attached hydrogens (tertiary/aromatic N) is 2. The lowest BCUT2D eigenvalue weighted by Gasteiger charge is -2.34. The van der Waals surface area contributed by atoms with E-state index < -0.39 is 34.3 Å². The number of ether oxygens (including phenoxy) is 2. The average molecular weight is 522 g/mol. The second kappa shape index (κ2) is 15.3. The molecule has 1 aliphatic heterocycles. The minimum atomic E-state index is -1.90. The van der Waals surface area contributed by atoms with Crippen LogP contribution in [-0.4, -0.2) is 45.1 Å². The molecule has 0 spiro atoms. The summed E-state index contributed by atoms with van der Waals surface area (Å²) < 4.78 is 66.4. The molecule has 0 bridgehead atoms. The van der Waals surface area contributed by atoms with Gasteiger partial charge in [0, 0.05) is 19.5 Å². The van der Waals surface area contributed by atoms with E-state index in [1.54, 1.807) is 5.01 Å². The Bertz CT molecular complexity index is 928. The van der Waals surface area contributed by atoms with Gasteiger partial charge in [-0.25, -0.2) is 17.6 Å². The molecule has 0 amide bonds. The molecular weight excluding hydrogens is 483 g/mol. The van der Waals surface area contributed by atoms with Crippen LogP contribution in [0.5, 0.6) is 0 Å². The van der Waals surface area contributed by atoms with Crippen LogP contribution in [0, 0.1) is 29.2 Å². The molecule has 204 valence electrons. The third-order valence-electron chi connectivity index (χ3n) is 6.82. The molecule has 3 atom stereocenters. The summed E-state index contributed by atoms with van der Waals surface area (Å²) in [6, 6.07) is 0. The highest BCUT2D eigenvalue weighted by atomic mass is 19.2. The molecule has 0 saturated carbocycles. The van der Waals surface area contributed by atoms with Gasteiger partial charge in [-0.15, -0.1) is 0 Å². The Labute approximate surface area is 220 Å². The fourth-order valence-electron chi connectivity index (χ4n) is 4.48. The molecule has 2 rings (SSSR count). The van der Waals surface area contributed by atoms with E-state index in [9.17, 15) is 17.6 Å². The molecule has 2 radical (unpaired) electrons. The minimum absolute atomic E-state index is 0.133. The van der Waals surface area contributed by atoms with Gasteiger partial charge in [-0.3, -0.25) is 5.01 Å². The van der Waals surface area contributed by atoms with Crippen LogP contribution >= 0.6 is 0 Å². The highest BCUT2D eigenvalue weighted by Gasteiger charge is 2.27. The molecule has 4 nitrogen and oxygen atoms in total. The maximum atomic E-state index is 14.0. The van der Waals surface area contributed by atoms with Gasteiger partial charge >= 0.3 is 0 Å². The summed E-state index contributed by atoms with van der Waals surface area (Å²) in [6.45, 7) is 15.1. The first-order chi connectivity index (χ1) is 17.6. The fraction of sp³-hybridized carbons (Fsp3) is 0.607. The second-order valence-corrected chi connectivity index (χ2v) is 9.85. The van der Waals surface area contributed by atoms with Crippen molar-refractivity contribution in [3.05, 3.63) is 52.8 Å². The predicted octanol–water partition coefficient (Wildman–Crippen LogP) is 6.48. The zero-order chi connectivity index (χ0) is 27.5. The van der Waals surface area contributed by atoms with E-state index in [0.717, 1.165) is 50.5 Å². The first kappa shape index (κ1) is 31.1. The van der Waals surface area contributed by atoms with Crippen molar-refractivity contribution in [3.63, 3.8) is 0 Å². The van der Waals surface area contributed by atoms with E-state index in [2.05, 4.69) is 32.2 Å². The zero-order valence-corrected chi connectivity index (χ0v) is 22.3. The van der Waals surface area contributed by atoms with Gasteiger partial charge < -0.3 is 9.47 Å². The van der Waals surface area contributed by atoms with Gasteiger partial charge in [0.1, 0.15) is 7.85 Å². The van der Waals surface area contributed by atoms with Crippen molar-refractivity contribution >= 4 is 20.0 Å². The lowest BCUT2D eigenvalue weighted by molar-refractivity contribution is -0.207. The van der Waals surface area contributed by atoms with Crippen LogP contribution in [-0.2, 0) is 15.9 Å². The van der Waals surface area contributed by atoms with Crippen molar-refractivity contribution in [2.75, 3.05) is 13.2 Å². The van der Waals surface area contributed by atoms with Gasteiger partial charge in [0.05, 0.1) is 12.7 Å². The van der Waals surface area contributed by atoms with Gasteiger partial charge in [0.15, 0.2) is 29.6 Å². The number of allylic oxidation sites excluding steroid dienone is 1. The zero-order valence-electron chi connectivity index (χ0n) is 22.3. The summed E-state index contributed by atoms with van der Waals surface area (Å²) in [5, 5.41) is 5.84. The Balaban J connectivity index is 1.68. The molecule has 3 unspecified atom stereocenters. The maximum absolute atomic E-state index is 14.0. The average Bonchev–Trinajstić information content (AvgIpc) is 2.88. The number of hydrazone groups is 1. The van der Waals surface area contributed by atoms with Crippen molar-refractivity contribution < 1.29 is 27.0 Å². The topological polar surface area (TPSA) is 34.1 Å². The number of rotatable bonds is 15. The van der Waals surface area contributed by atoms with Gasteiger partial charge in [-0.05, 0) is 69.8 Å². The van der Waals surface area contributed by atoms with Crippen molar-refractivity contribution in [1.29, 1.82) is 0 Å². The van der Waals surface area contributed by atoms with Crippen molar-refractivity contribution in [2.24, 2.45) is 11.0 Å². The minimum Gasteiger partial charge on any atom is -0.352 e. The lowest BCUT2D eigenvalue weighted by atomic mass is 9.85. The van der Waals surface area contributed by atoms with Gasteiger partial charge in [0.2, 0.25) is 0 Å². The van der Waals surface area contributed by atoms with Crippen LogP contribution in [0.4, 0.5) is 17.6 Å². The van der Waals surface area contributed by atoms with Crippen LogP contribution in [0.1, 0.15) is 77.7 Å². The molecule has 1 saturated heterocycles. The summed E-state index contributed by atoms with van der Waals surface area (Å²) in [5.74, 6) is -6.23. The van der Waals surface area contributed by atoms with Gasteiger partial charge in [0.25, 0.3) is 0 Å². The molecule has 1 heterocycles. The Hall–Kier alpha value is -2.13. The molecule has 1 fully saturated rings. The number of unbranched alkanes of at least 4 members (excludes halogenated alkanes) is 2. The maximum Gasteiger partial charge on any atom is 0.197 e. The standard InChI is InChI=1S/C28H39BF4N2O2/c1-6-22-20(4)11-12-23(37-22)36-15-13-19(3)17-35(34-5)14-9-7-8-10-18(2)16-21-24(29)26(31)28(33)27(32)25(21)30/h17,20,22-23H,2,5-16H2,1,3-4H3/b19-17+. The number of hydrogen-bond donors (Lipinski definition) is 0. The molecule has 9 heteroatoms. The second-order valence-electron chi connectivity index (χ2n) is 9.85. The summed E-state index contributed by atoms with van der Waals surface area (Å²) in [6.07, 6.45) is 8.67. The Kier molecular flexibility index (Phi) is 12.9. The molecule has 0 N–H and O–H groups in total. The van der Waals surface area contributed by atoms with Gasteiger partial charge in [-0.1, -0.05) is 43.5 Å². The van der Waals surface area contributed by atoms with Gasteiger partial charge in [-0.2, -0.15) is 5.10 Å². The summed E-state index contributed by atoms with van der Waals surface area (Å²) in [5.41, 5.74) is 0.564. The molecule has 1 aromatic carbocycles. The Morgan fingerprint density at radius 2 is 1.81 bits per heavy atom. The van der Waals surface area contributed by atoms with E-state index in [0.29, 0.717) is 31.1 Å². The quantitative estimate of drug-likeness (QED) is 0.0387. The third kappa shape index (κ3) is 9.29. The Morgan fingerprint density at radius 3 is 2.49 bits per heavy atom. The van der Waals surface area contributed by atoms with Crippen LogP contribution in [0.15, 0.2) is 29.0 Å². The molecular formula is C28H39BF4N2O2. The third-order valence-corrected chi connectivity index (χ3v) is 6.82. The monoisotopic (exact) mass is 522 g/mol. The molecule has 37 heavy (non-hydrogen) atoms. The Morgan fingerprint density at radius 1 is 1.11 bits per heavy atom. The van der Waals surface area contributed by atoms with E-state index in [1.165, 1.54) is 0 Å². The van der Waals surface area contributed by atoms with E-state index in [-0.39, 0.29) is 18.8 Å². The van der Waals surface area contributed by atoms with E-state index in [1.807, 2.05) is 13.1 Å². The highest BCUT2D eigenvalue weighted by Crippen LogP contribution is 2.27. The fourth-order valence-corrected chi connectivity index (χ4v) is 4.48. The number of hydrogen-bond acceptors (Lipinski definition) is 4. The van der Waals surface area contributed by atoms with Crippen molar-refractivity contribution in [3.8, 4) is 0 Å². The van der Waals surface area contributed by atoms with Crippen LogP contribution in [0.2, 0.25) is 0 Å². The van der Waals surface area contributed by atoms with Crippen molar-refractivity contribution in [2.45, 2.75) is 91.0 Å². The van der Waals surface area contributed by atoms with Crippen LogP contribution in [0.25, 0.3) is 0 Å². The van der Waals surface area contributed by atoms with Crippen LogP contribution < -0.4 is 5.46 Å². The van der Waals surface area contributed by atoms with Crippen molar-refractivity contribution in [1.82, 2.24) is 5.01 Å². The smallest absolute Gasteiger partial charge is 0.197 e. The first-order valence-corrected chi connectivity index (χ1v) is 13.0. The molecule has 1 aliphatic rings. The summed E-state index contributed by atoms with van der Waals surface area (Å²) in [7, 11) is 5.45. The number of halogens is 4. The predicted molar refractivity (Wildman–Crippen MR) is 141 cm³/mol. The molecule has 1 aromatic rings. The largest absolute Gasteiger partial charge is 0.352 e. The molecule has 0 aromatic heterocycles. The van der Waals surface area contributed by atoms with Crippen LogP contribution in [0.3, 0.4) is 0 Å². The summed E-state index contributed by atoms with van der Waals surface area (Å²) >= 11 is 0. The first-order valence-electron chi connectivity index (χ1n) is 13.0. The SMILES string of the molecule is [B]c1c(F)c(F)c(F)c(F)c1CC(=C)CCCCCN(/C=C(\C)CCOC1CCC(C)C(CC)O1)N=C. The normalized spacial score (nSPS) is 20.2. The van der Waals surface area contributed by atoms with E-state index >= 15 is 0 Å². The molecule has 0 aliphatic carbocycles.